The van der Waals surface area contributed by atoms with Gasteiger partial charge in [-0.2, -0.15) is 0 Å². The fourth-order valence-electron chi connectivity index (χ4n) is 3.50. The van der Waals surface area contributed by atoms with Crippen LogP contribution in [0, 0.1) is 5.82 Å². The number of ether oxygens (including phenoxy) is 1. The number of allylic oxidation sites excluding steroid dienone is 1. The second-order valence-corrected chi connectivity index (χ2v) is 8.79. The van der Waals surface area contributed by atoms with Crippen LogP contribution in [0.2, 0.25) is 0 Å². The first kappa shape index (κ1) is 21.3. The van der Waals surface area contributed by atoms with Gasteiger partial charge >= 0.3 is 5.97 Å². The highest BCUT2D eigenvalue weighted by Crippen LogP contribution is 2.31. The van der Waals surface area contributed by atoms with E-state index in [1.807, 2.05) is 30.5 Å². The highest BCUT2D eigenvalue weighted by molar-refractivity contribution is 7.98. The predicted molar refractivity (Wildman–Crippen MR) is 120 cm³/mol. The lowest BCUT2D eigenvalue weighted by Crippen LogP contribution is -2.39. The average Bonchev–Trinajstić information content (AvgIpc) is 3.08. The van der Waals surface area contributed by atoms with Crippen LogP contribution in [0.3, 0.4) is 0 Å². The molecule has 0 fully saturated rings. The average molecular weight is 455 g/mol. The number of fused-ring (bicyclic) bond motifs is 1. The summed E-state index contributed by atoms with van der Waals surface area (Å²) in [6.45, 7) is 1.74. The number of aromatic nitrogens is 1. The van der Waals surface area contributed by atoms with Crippen LogP contribution in [-0.2, 0) is 9.53 Å². The maximum absolute atomic E-state index is 13.4. The summed E-state index contributed by atoms with van der Waals surface area (Å²) in [5.41, 5.74) is 2.08. The number of hydrogen-bond acceptors (Lipinski definition) is 6. The molecular formula is C23H19FN2O3S2. The Balaban J connectivity index is 1.94. The first-order valence-corrected chi connectivity index (χ1v) is 11.5. The monoisotopic (exact) mass is 454 g/mol. The molecule has 0 saturated carbocycles. The second kappa shape index (κ2) is 8.64. The Labute approximate surface area is 186 Å². The normalized spacial score (nSPS) is 16.1. The van der Waals surface area contributed by atoms with Crippen LogP contribution in [-0.4, -0.2) is 23.9 Å². The summed E-state index contributed by atoms with van der Waals surface area (Å²) in [6.07, 6.45) is 3.69. The van der Waals surface area contributed by atoms with E-state index < -0.39 is 12.0 Å². The van der Waals surface area contributed by atoms with Crippen molar-refractivity contribution in [3.8, 4) is 0 Å². The molecule has 0 aliphatic carbocycles. The zero-order chi connectivity index (χ0) is 22.1. The van der Waals surface area contributed by atoms with E-state index in [0.29, 0.717) is 26.2 Å². The van der Waals surface area contributed by atoms with E-state index in [-0.39, 0.29) is 11.4 Å². The number of thiazole rings is 1. The van der Waals surface area contributed by atoms with Gasteiger partial charge in [-0.05, 0) is 54.6 Å². The maximum atomic E-state index is 13.4. The zero-order valence-corrected chi connectivity index (χ0v) is 18.7. The largest absolute Gasteiger partial charge is 0.466 e. The van der Waals surface area contributed by atoms with Crippen molar-refractivity contribution < 1.29 is 13.9 Å². The van der Waals surface area contributed by atoms with E-state index in [0.717, 1.165) is 10.5 Å². The van der Waals surface area contributed by atoms with E-state index >= 15 is 0 Å². The number of benzene rings is 2. The SMILES string of the molecule is COC(=O)C1=C(C)N=c2s/c(=C\c3ccc(F)cc3)c(=O)n2C1c1ccc(SC)cc1. The van der Waals surface area contributed by atoms with Crippen molar-refractivity contribution in [2.24, 2.45) is 4.99 Å². The molecule has 158 valence electrons. The molecule has 5 nitrogen and oxygen atoms in total. The Morgan fingerprint density at radius 3 is 2.48 bits per heavy atom. The fraction of sp³-hybridized carbons (Fsp3) is 0.174. The lowest BCUT2D eigenvalue weighted by atomic mass is 9.96. The first-order chi connectivity index (χ1) is 14.9. The standard InChI is InChI=1S/C23H19FN2O3S2/c1-13-19(22(28)29-2)20(15-6-10-17(30-3)11-7-15)26-21(27)18(31-23(26)25-13)12-14-4-8-16(24)9-5-14/h4-12,20H,1-3H3/b18-12-. The summed E-state index contributed by atoms with van der Waals surface area (Å²) < 4.78 is 20.2. The van der Waals surface area contributed by atoms with Crippen LogP contribution in [0.4, 0.5) is 4.39 Å². The lowest BCUT2D eigenvalue weighted by molar-refractivity contribution is -0.136. The van der Waals surface area contributed by atoms with Crippen molar-refractivity contribution in [1.29, 1.82) is 0 Å². The summed E-state index contributed by atoms with van der Waals surface area (Å²) in [6, 6.07) is 13.0. The summed E-state index contributed by atoms with van der Waals surface area (Å²) >= 11 is 2.85. The molecule has 1 aliphatic heterocycles. The molecule has 8 heteroatoms. The fourth-order valence-corrected chi connectivity index (χ4v) is 4.96. The highest BCUT2D eigenvalue weighted by Gasteiger charge is 2.33. The minimum atomic E-state index is -0.644. The lowest BCUT2D eigenvalue weighted by Gasteiger charge is -2.24. The van der Waals surface area contributed by atoms with Crippen molar-refractivity contribution in [2.75, 3.05) is 13.4 Å². The number of rotatable bonds is 4. The molecule has 0 amide bonds. The summed E-state index contributed by atoms with van der Waals surface area (Å²) in [5.74, 6) is -0.862. The third kappa shape index (κ3) is 4.00. The number of carbonyl (C=O) groups is 1. The van der Waals surface area contributed by atoms with Gasteiger partial charge in [-0.1, -0.05) is 35.6 Å². The second-order valence-electron chi connectivity index (χ2n) is 6.90. The van der Waals surface area contributed by atoms with Gasteiger partial charge in [-0.25, -0.2) is 14.2 Å². The van der Waals surface area contributed by atoms with E-state index in [9.17, 15) is 14.0 Å². The Hall–Kier alpha value is -2.97. The van der Waals surface area contributed by atoms with E-state index in [1.165, 1.54) is 35.1 Å². The van der Waals surface area contributed by atoms with Gasteiger partial charge in [0.05, 0.1) is 29.0 Å². The van der Waals surface area contributed by atoms with Crippen molar-refractivity contribution in [3.05, 3.63) is 96.4 Å². The van der Waals surface area contributed by atoms with Crippen molar-refractivity contribution in [3.63, 3.8) is 0 Å². The van der Waals surface area contributed by atoms with Crippen LogP contribution in [0.15, 0.2) is 74.5 Å². The van der Waals surface area contributed by atoms with Gasteiger partial charge in [0, 0.05) is 4.90 Å². The third-order valence-electron chi connectivity index (χ3n) is 5.03. The molecule has 1 atom stereocenters. The number of carbonyl (C=O) groups excluding carboxylic acids is 1. The van der Waals surface area contributed by atoms with Crippen LogP contribution >= 0.6 is 23.1 Å². The molecule has 2 heterocycles. The minimum Gasteiger partial charge on any atom is -0.466 e. The molecule has 0 spiro atoms. The molecule has 0 saturated heterocycles. The van der Waals surface area contributed by atoms with Gasteiger partial charge in [0.15, 0.2) is 4.80 Å². The molecule has 1 aliphatic rings. The van der Waals surface area contributed by atoms with Crippen LogP contribution < -0.4 is 14.9 Å². The van der Waals surface area contributed by atoms with Crippen LogP contribution in [0.5, 0.6) is 0 Å². The molecule has 4 rings (SSSR count). The van der Waals surface area contributed by atoms with E-state index in [2.05, 4.69) is 4.99 Å². The van der Waals surface area contributed by atoms with E-state index in [1.54, 1.807) is 36.9 Å². The Kier molecular flexibility index (Phi) is 5.93. The molecule has 3 aromatic rings. The molecule has 0 radical (unpaired) electrons. The van der Waals surface area contributed by atoms with Gasteiger partial charge in [-0.15, -0.1) is 11.8 Å². The highest BCUT2D eigenvalue weighted by atomic mass is 32.2. The summed E-state index contributed by atoms with van der Waals surface area (Å²) in [5, 5.41) is 0. The van der Waals surface area contributed by atoms with Crippen molar-refractivity contribution >= 4 is 35.1 Å². The van der Waals surface area contributed by atoms with Gasteiger partial charge in [0.25, 0.3) is 5.56 Å². The third-order valence-corrected chi connectivity index (χ3v) is 6.75. The van der Waals surface area contributed by atoms with Crippen LogP contribution in [0.25, 0.3) is 6.08 Å². The minimum absolute atomic E-state index is 0.263. The van der Waals surface area contributed by atoms with Gasteiger partial charge < -0.3 is 4.74 Å². The van der Waals surface area contributed by atoms with Gasteiger partial charge in [-0.3, -0.25) is 9.36 Å². The molecule has 2 aromatic carbocycles. The number of halogens is 1. The molecule has 1 unspecified atom stereocenters. The zero-order valence-electron chi connectivity index (χ0n) is 17.1. The molecule has 0 bridgehead atoms. The van der Waals surface area contributed by atoms with Gasteiger partial charge in [0.2, 0.25) is 0 Å². The quantitative estimate of drug-likeness (QED) is 0.449. The Morgan fingerprint density at radius 1 is 1.19 bits per heavy atom. The molecule has 31 heavy (non-hydrogen) atoms. The van der Waals surface area contributed by atoms with Crippen LogP contribution in [0.1, 0.15) is 24.1 Å². The number of nitrogens with zero attached hydrogens (tertiary/aromatic N) is 2. The summed E-state index contributed by atoms with van der Waals surface area (Å²) in [4.78, 5) is 32.1. The number of esters is 1. The topological polar surface area (TPSA) is 60.7 Å². The van der Waals surface area contributed by atoms with Crippen molar-refractivity contribution in [2.45, 2.75) is 17.9 Å². The maximum Gasteiger partial charge on any atom is 0.338 e. The summed E-state index contributed by atoms with van der Waals surface area (Å²) in [7, 11) is 1.32. The van der Waals surface area contributed by atoms with Gasteiger partial charge in [0.1, 0.15) is 5.82 Å². The molecular weight excluding hydrogens is 435 g/mol. The Morgan fingerprint density at radius 2 is 1.87 bits per heavy atom. The van der Waals surface area contributed by atoms with Crippen molar-refractivity contribution in [1.82, 2.24) is 4.57 Å². The number of methoxy groups -OCH3 is 1. The smallest absolute Gasteiger partial charge is 0.338 e. The predicted octanol–water partition coefficient (Wildman–Crippen LogP) is 3.27. The molecule has 0 N–H and O–H groups in total. The first-order valence-electron chi connectivity index (χ1n) is 9.43. The number of thioether (sulfide) groups is 1. The number of hydrogen-bond donors (Lipinski definition) is 0. The van der Waals surface area contributed by atoms with E-state index in [4.69, 9.17) is 4.74 Å². The molecule has 1 aromatic heterocycles. The Bertz CT molecular complexity index is 1350.